The predicted molar refractivity (Wildman–Crippen MR) is 90.2 cm³/mol. The van der Waals surface area contributed by atoms with E-state index in [0.717, 1.165) is 5.56 Å². The molecule has 0 bridgehead atoms. The number of nitrogens with zero attached hydrogens (tertiary/aromatic N) is 2. The van der Waals surface area contributed by atoms with Crippen LogP contribution in [0.3, 0.4) is 0 Å². The van der Waals surface area contributed by atoms with Gasteiger partial charge in [0.25, 0.3) is 0 Å². The molecule has 6 heteroatoms. The van der Waals surface area contributed by atoms with Gasteiger partial charge in [0.05, 0.1) is 18.2 Å². The molecule has 0 spiro atoms. The summed E-state index contributed by atoms with van der Waals surface area (Å²) in [5.41, 5.74) is 1.47. The zero-order chi connectivity index (χ0) is 17.6. The Kier molecular flexibility index (Phi) is 4.80. The summed E-state index contributed by atoms with van der Waals surface area (Å²) in [6.07, 6.45) is 2.83. The molecule has 0 aliphatic carbocycles. The van der Waals surface area contributed by atoms with Gasteiger partial charge in [-0.3, -0.25) is 0 Å². The van der Waals surface area contributed by atoms with Gasteiger partial charge in [-0.2, -0.15) is 0 Å². The van der Waals surface area contributed by atoms with Crippen molar-refractivity contribution in [3.63, 3.8) is 0 Å². The predicted octanol–water partition coefficient (Wildman–Crippen LogP) is 3.15. The fraction of sp³-hybridized carbons (Fsp3) is 0.0526. The molecule has 0 saturated heterocycles. The van der Waals surface area contributed by atoms with E-state index in [1.54, 1.807) is 0 Å². The highest BCUT2D eigenvalue weighted by Crippen LogP contribution is 2.16. The van der Waals surface area contributed by atoms with Crippen LogP contribution in [-0.2, 0) is 4.74 Å². The molecular weight excluding hydrogens is 320 g/mol. The Bertz CT molecular complexity index is 876. The zero-order valence-electron chi connectivity index (χ0n) is 13.4. The lowest BCUT2D eigenvalue weighted by Gasteiger charge is -2.05. The SMILES string of the molecule is COC(=O)c1ccc(OC(=O)c2cnc(-c3ccccc3)nc2)cc1. The summed E-state index contributed by atoms with van der Waals surface area (Å²) in [4.78, 5) is 31.9. The number of rotatable bonds is 4. The normalized spacial score (nSPS) is 10.1. The van der Waals surface area contributed by atoms with Crippen molar-refractivity contribution < 1.29 is 19.1 Å². The van der Waals surface area contributed by atoms with E-state index in [2.05, 4.69) is 14.7 Å². The summed E-state index contributed by atoms with van der Waals surface area (Å²) in [6, 6.07) is 15.5. The molecule has 0 fully saturated rings. The number of carbonyl (C=O) groups excluding carboxylic acids is 2. The van der Waals surface area contributed by atoms with Gasteiger partial charge in [0.15, 0.2) is 5.82 Å². The van der Waals surface area contributed by atoms with Crippen molar-refractivity contribution >= 4 is 11.9 Å². The van der Waals surface area contributed by atoms with Crippen LogP contribution in [-0.4, -0.2) is 29.0 Å². The van der Waals surface area contributed by atoms with Crippen LogP contribution in [0, 0.1) is 0 Å². The number of methoxy groups -OCH3 is 1. The standard InChI is InChI=1S/C19H14N2O4/c1-24-18(22)14-7-9-16(10-8-14)25-19(23)15-11-20-17(21-12-15)13-5-3-2-4-6-13/h2-12H,1H3. The summed E-state index contributed by atoms with van der Waals surface area (Å²) in [6.45, 7) is 0. The Morgan fingerprint density at radius 3 is 2.04 bits per heavy atom. The maximum absolute atomic E-state index is 12.1. The smallest absolute Gasteiger partial charge is 0.346 e. The summed E-state index contributed by atoms with van der Waals surface area (Å²) in [7, 11) is 1.30. The Hall–Kier alpha value is -3.54. The summed E-state index contributed by atoms with van der Waals surface area (Å²) >= 11 is 0. The molecular formula is C19H14N2O4. The van der Waals surface area contributed by atoms with E-state index in [1.165, 1.54) is 43.8 Å². The first kappa shape index (κ1) is 16.3. The van der Waals surface area contributed by atoms with Gasteiger partial charge in [0.2, 0.25) is 0 Å². The fourth-order valence-corrected chi connectivity index (χ4v) is 2.11. The molecule has 0 amide bonds. The molecule has 0 aliphatic rings. The lowest BCUT2D eigenvalue weighted by Crippen LogP contribution is -2.10. The number of aromatic nitrogens is 2. The minimum Gasteiger partial charge on any atom is -0.465 e. The average molecular weight is 334 g/mol. The van der Waals surface area contributed by atoms with E-state index in [0.29, 0.717) is 17.1 Å². The summed E-state index contributed by atoms with van der Waals surface area (Å²) < 4.78 is 9.85. The van der Waals surface area contributed by atoms with Crippen LogP contribution in [0.1, 0.15) is 20.7 Å². The molecule has 25 heavy (non-hydrogen) atoms. The van der Waals surface area contributed by atoms with Gasteiger partial charge in [0.1, 0.15) is 5.75 Å². The van der Waals surface area contributed by atoms with Crippen LogP contribution in [0.15, 0.2) is 67.0 Å². The lowest BCUT2D eigenvalue weighted by molar-refractivity contribution is 0.0600. The van der Waals surface area contributed by atoms with Gasteiger partial charge in [-0.1, -0.05) is 30.3 Å². The van der Waals surface area contributed by atoms with Gasteiger partial charge < -0.3 is 9.47 Å². The molecule has 124 valence electrons. The second-order valence-electron chi connectivity index (χ2n) is 5.07. The average Bonchev–Trinajstić information content (AvgIpc) is 2.68. The molecule has 0 saturated carbocycles. The Labute approximate surface area is 144 Å². The quantitative estimate of drug-likeness (QED) is 0.539. The minimum absolute atomic E-state index is 0.233. The maximum Gasteiger partial charge on any atom is 0.346 e. The summed E-state index contributed by atoms with van der Waals surface area (Å²) in [5.74, 6) is -0.197. The second-order valence-corrected chi connectivity index (χ2v) is 5.07. The van der Waals surface area contributed by atoms with E-state index < -0.39 is 11.9 Å². The molecule has 1 aromatic heterocycles. The van der Waals surface area contributed by atoms with Crippen molar-refractivity contribution in [2.24, 2.45) is 0 Å². The first-order chi connectivity index (χ1) is 12.2. The fourth-order valence-electron chi connectivity index (χ4n) is 2.11. The number of hydrogen-bond donors (Lipinski definition) is 0. The third-order valence-electron chi connectivity index (χ3n) is 3.41. The van der Waals surface area contributed by atoms with Crippen LogP contribution in [0.4, 0.5) is 0 Å². The molecule has 0 aliphatic heterocycles. The number of esters is 2. The molecule has 6 nitrogen and oxygen atoms in total. The number of ether oxygens (including phenoxy) is 2. The van der Waals surface area contributed by atoms with Gasteiger partial charge in [-0.05, 0) is 24.3 Å². The van der Waals surface area contributed by atoms with Crippen molar-refractivity contribution in [3.05, 3.63) is 78.1 Å². The molecule has 2 aromatic carbocycles. The van der Waals surface area contributed by atoms with Crippen LogP contribution in [0.5, 0.6) is 5.75 Å². The third-order valence-corrected chi connectivity index (χ3v) is 3.41. The van der Waals surface area contributed by atoms with Gasteiger partial charge in [-0.25, -0.2) is 19.6 Å². The Balaban J connectivity index is 1.70. The monoisotopic (exact) mass is 334 g/mol. The van der Waals surface area contributed by atoms with Crippen LogP contribution in [0.25, 0.3) is 11.4 Å². The van der Waals surface area contributed by atoms with E-state index in [9.17, 15) is 9.59 Å². The number of hydrogen-bond acceptors (Lipinski definition) is 6. The molecule has 3 rings (SSSR count). The van der Waals surface area contributed by atoms with E-state index in [1.807, 2.05) is 30.3 Å². The van der Waals surface area contributed by atoms with Gasteiger partial charge >= 0.3 is 11.9 Å². The highest BCUT2D eigenvalue weighted by atomic mass is 16.5. The molecule has 0 N–H and O–H groups in total. The molecule has 0 radical (unpaired) electrons. The van der Waals surface area contributed by atoms with Crippen LogP contribution < -0.4 is 4.74 Å². The van der Waals surface area contributed by atoms with Crippen molar-refractivity contribution in [2.45, 2.75) is 0 Å². The number of carbonyl (C=O) groups is 2. The second kappa shape index (κ2) is 7.35. The Morgan fingerprint density at radius 1 is 0.800 bits per heavy atom. The van der Waals surface area contributed by atoms with Crippen molar-refractivity contribution in [1.29, 1.82) is 0 Å². The zero-order valence-corrected chi connectivity index (χ0v) is 13.4. The number of benzene rings is 2. The van der Waals surface area contributed by atoms with Crippen molar-refractivity contribution in [3.8, 4) is 17.1 Å². The topological polar surface area (TPSA) is 78.4 Å². The lowest BCUT2D eigenvalue weighted by atomic mass is 10.2. The van der Waals surface area contributed by atoms with Crippen LogP contribution in [0.2, 0.25) is 0 Å². The third kappa shape index (κ3) is 3.87. The highest BCUT2D eigenvalue weighted by Gasteiger charge is 2.12. The molecule has 1 heterocycles. The molecule has 0 atom stereocenters. The van der Waals surface area contributed by atoms with Gasteiger partial charge in [0, 0.05) is 18.0 Å². The van der Waals surface area contributed by atoms with Gasteiger partial charge in [-0.15, -0.1) is 0 Å². The minimum atomic E-state index is -0.578. The van der Waals surface area contributed by atoms with E-state index in [-0.39, 0.29) is 5.56 Å². The first-order valence-electron chi connectivity index (χ1n) is 7.45. The van der Waals surface area contributed by atoms with E-state index in [4.69, 9.17) is 4.74 Å². The maximum atomic E-state index is 12.1. The van der Waals surface area contributed by atoms with Crippen molar-refractivity contribution in [2.75, 3.05) is 7.11 Å². The van der Waals surface area contributed by atoms with Crippen molar-refractivity contribution in [1.82, 2.24) is 9.97 Å². The van der Waals surface area contributed by atoms with E-state index >= 15 is 0 Å². The highest BCUT2D eigenvalue weighted by molar-refractivity contribution is 5.91. The summed E-state index contributed by atoms with van der Waals surface area (Å²) in [5, 5.41) is 0. The molecule has 3 aromatic rings. The van der Waals surface area contributed by atoms with Crippen LogP contribution >= 0.6 is 0 Å². The largest absolute Gasteiger partial charge is 0.465 e. The first-order valence-corrected chi connectivity index (χ1v) is 7.45. The Morgan fingerprint density at radius 2 is 1.44 bits per heavy atom. The molecule has 0 unspecified atom stereocenters.